The van der Waals surface area contributed by atoms with Crippen molar-refractivity contribution in [2.24, 2.45) is 0 Å². The standard InChI is InChI=1S/C51H45N3O/c1-31(2)43-26-39(35-16-11-8-12-17-35)27-44(32(3)4)49(43)54-47-30-52-45(33(5)6)29-46(47)53-51(54)42-19-13-18-41-40-25-24-38(28-48(40)55-50(41)42)37-22-20-36(21-23-37)34-14-9-7-10-15-34/h7-33H,1-6H3. The molecule has 9 aromatic rings. The first-order chi connectivity index (χ1) is 26.7. The van der Waals surface area contributed by atoms with Crippen LogP contribution in [0.3, 0.4) is 0 Å². The molecule has 55 heavy (non-hydrogen) atoms. The first-order valence-corrected chi connectivity index (χ1v) is 19.5. The van der Waals surface area contributed by atoms with Crippen LogP contribution >= 0.6 is 0 Å². The van der Waals surface area contributed by atoms with E-state index >= 15 is 0 Å². The lowest BCUT2D eigenvalue weighted by atomic mass is 9.88. The molecule has 270 valence electrons. The lowest BCUT2D eigenvalue weighted by molar-refractivity contribution is 0.669. The molecule has 0 saturated carbocycles. The molecule has 0 radical (unpaired) electrons. The van der Waals surface area contributed by atoms with Crippen molar-refractivity contribution in [3.63, 3.8) is 0 Å². The van der Waals surface area contributed by atoms with Crippen LogP contribution in [0.15, 0.2) is 150 Å². The number of aromatic nitrogens is 3. The molecule has 0 aliphatic heterocycles. The molecule has 0 unspecified atom stereocenters. The SMILES string of the molecule is CC(C)c1cc2nc(-c3cccc4c3oc3cc(-c5ccc(-c6ccccc6)cc5)ccc34)n(-c3c(C(C)C)cc(-c4ccccc4)cc3C(C)C)c2cn1. The zero-order valence-corrected chi connectivity index (χ0v) is 32.3. The Morgan fingerprint density at radius 3 is 1.71 bits per heavy atom. The van der Waals surface area contributed by atoms with Crippen molar-refractivity contribution in [3.05, 3.63) is 163 Å². The first kappa shape index (κ1) is 34.5. The smallest absolute Gasteiger partial charge is 0.149 e. The van der Waals surface area contributed by atoms with Crippen molar-refractivity contribution >= 4 is 33.0 Å². The molecule has 0 fully saturated rings. The van der Waals surface area contributed by atoms with Crippen LogP contribution < -0.4 is 0 Å². The van der Waals surface area contributed by atoms with E-state index in [0.29, 0.717) is 0 Å². The third-order valence-corrected chi connectivity index (χ3v) is 11.0. The molecule has 0 bridgehead atoms. The van der Waals surface area contributed by atoms with E-state index in [0.717, 1.165) is 61.2 Å². The Morgan fingerprint density at radius 1 is 0.509 bits per heavy atom. The van der Waals surface area contributed by atoms with Gasteiger partial charge in [0.15, 0.2) is 0 Å². The zero-order chi connectivity index (χ0) is 37.8. The fraction of sp³-hybridized carbons (Fsp3) is 0.176. The summed E-state index contributed by atoms with van der Waals surface area (Å²) in [6, 6.07) is 49.9. The molecule has 3 heterocycles. The maximum Gasteiger partial charge on any atom is 0.149 e. The summed E-state index contributed by atoms with van der Waals surface area (Å²) in [7, 11) is 0. The highest BCUT2D eigenvalue weighted by Crippen LogP contribution is 2.43. The van der Waals surface area contributed by atoms with Crippen LogP contribution in [0, 0.1) is 0 Å². The second-order valence-electron chi connectivity index (χ2n) is 15.6. The molecular formula is C51H45N3O. The molecule has 0 atom stereocenters. The van der Waals surface area contributed by atoms with Gasteiger partial charge in [0, 0.05) is 16.5 Å². The maximum atomic E-state index is 6.91. The van der Waals surface area contributed by atoms with E-state index in [1.54, 1.807) is 0 Å². The van der Waals surface area contributed by atoms with Gasteiger partial charge in [-0.3, -0.25) is 9.55 Å². The van der Waals surface area contributed by atoms with Gasteiger partial charge in [0.1, 0.15) is 17.0 Å². The van der Waals surface area contributed by atoms with Crippen LogP contribution in [0.1, 0.15) is 76.1 Å². The maximum absolute atomic E-state index is 6.91. The Balaban J connectivity index is 1.26. The van der Waals surface area contributed by atoms with Gasteiger partial charge in [0.25, 0.3) is 0 Å². The number of fused-ring (bicyclic) bond motifs is 4. The van der Waals surface area contributed by atoms with E-state index in [2.05, 4.69) is 186 Å². The summed E-state index contributed by atoms with van der Waals surface area (Å²) in [6.07, 6.45) is 2.02. The number of para-hydroxylation sites is 1. The molecular weight excluding hydrogens is 671 g/mol. The van der Waals surface area contributed by atoms with Gasteiger partial charge in [0.05, 0.1) is 28.5 Å². The quantitative estimate of drug-likeness (QED) is 0.157. The average Bonchev–Trinajstić information content (AvgIpc) is 3.79. The number of pyridine rings is 1. The predicted octanol–water partition coefficient (Wildman–Crippen LogP) is 14.4. The largest absolute Gasteiger partial charge is 0.455 e. The number of benzene rings is 6. The minimum atomic E-state index is 0.256. The number of nitrogens with zero attached hydrogens (tertiary/aromatic N) is 3. The molecule has 4 nitrogen and oxygen atoms in total. The second kappa shape index (κ2) is 13.9. The van der Waals surface area contributed by atoms with Gasteiger partial charge < -0.3 is 4.42 Å². The van der Waals surface area contributed by atoms with Crippen molar-refractivity contribution in [3.8, 4) is 50.5 Å². The average molecular weight is 716 g/mol. The van der Waals surface area contributed by atoms with E-state index in [9.17, 15) is 0 Å². The fourth-order valence-corrected chi connectivity index (χ4v) is 7.97. The summed E-state index contributed by atoms with van der Waals surface area (Å²) in [5, 5.41) is 2.16. The molecule has 0 N–H and O–H groups in total. The number of hydrogen-bond acceptors (Lipinski definition) is 3. The Bertz CT molecular complexity index is 2790. The van der Waals surface area contributed by atoms with Gasteiger partial charge in [-0.15, -0.1) is 0 Å². The highest BCUT2D eigenvalue weighted by Gasteiger charge is 2.26. The lowest BCUT2D eigenvalue weighted by Crippen LogP contribution is -2.09. The van der Waals surface area contributed by atoms with Gasteiger partial charge >= 0.3 is 0 Å². The Kier molecular flexibility index (Phi) is 8.70. The molecule has 0 aliphatic rings. The van der Waals surface area contributed by atoms with Crippen LogP contribution in [0.25, 0.3) is 83.4 Å². The number of furan rings is 1. The van der Waals surface area contributed by atoms with Gasteiger partial charge in [-0.25, -0.2) is 4.98 Å². The van der Waals surface area contributed by atoms with Crippen LogP contribution in [0.2, 0.25) is 0 Å². The van der Waals surface area contributed by atoms with Gasteiger partial charge in [0.2, 0.25) is 0 Å². The molecule has 0 amide bonds. The highest BCUT2D eigenvalue weighted by molar-refractivity contribution is 6.10. The Morgan fingerprint density at radius 2 is 1.09 bits per heavy atom. The second-order valence-corrected chi connectivity index (χ2v) is 15.6. The minimum Gasteiger partial charge on any atom is -0.455 e. The molecule has 4 heteroatoms. The molecule has 6 aromatic carbocycles. The third-order valence-electron chi connectivity index (χ3n) is 11.0. The summed E-state index contributed by atoms with van der Waals surface area (Å²) in [5.41, 5.74) is 16.5. The molecule has 0 aliphatic carbocycles. The highest BCUT2D eigenvalue weighted by atomic mass is 16.3. The van der Waals surface area contributed by atoms with Crippen molar-refractivity contribution in [2.45, 2.75) is 59.3 Å². The van der Waals surface area contributed by atoms with Crippen molar-refractivity contribution in [1.29, 1.82) is 0 Å². The van der Waals surface area contributed by atoms with E-state index in [1.165, 1.54) is 39.1 Å². The molecule has 9 rings (SSSR count). The van der Waals surface area contributed by atoms with E-state index in [1.807, 2.05) is 6.20 Å². The van der Waals surface area contributed by atoms with Crippen molar-refractivity contribution in [1.82, 2.24) is 14.5 Å². The fourth-order valence-electron chi connectivity index (χ4n) is 7.97. The van der Waals surface area contributed by atoms with E-state index in [-0.39, 0.29) is 17.8 Å². The molecule has 0 spiro atoms. The first-order valence-electron chi connectivity index (χ1n) is 19.5. The summed E-state index contributed by atoms with van der Waals surface area (Å²) in [6.45, 7) is 13.5. The number of rotatable bonds is 8. The van der Waals surface area contributed by atoms with Crippen molar-refractivity contribution < 1.29 is 4.42 Å². The molecule has 0 saturated heterocycles. The van der Waals surface area contributed by atoms with E-state index in [4.69, 9.17) is 14.4 Å². The monoisotopic (exact) mass is 715 g/mol. The van der Waals surface area contributed by atoms with Crippen molar-refractivity contribution in [2.75, 3.05) is 0 Å². The van der Waals surface area contributed by atoms with E-state index < -0.39 is 0 Å². The summed E-state index contributed by atoms with van der Waals surface area (Å²) >= 11 is 0. The van der Waals surface area contributed by atoms with Crippen LogP contribution in [0.5, 0.6) is 0 Å². The Hall–Kier alpha value is -6.26. The summed E-state index contributed by atoms with van der Waals surface area (Å²) in [5.74, 6) is 1.65. The van der Waals surface area contributed by atoms with Gasteiger partial charge in [-0.1, -0.05) is 145 Å². The Labute approximate surface area is 323 Å². The van der Waals surface area contributed by atoms with Gasteiger partial charge in [-0.05, 0) is 98.7 Å². The zero-order valence-electron chi connectivity index (χ0n) is 32.3. The minimum absolute atomic E-state index is 0.256. The van der Waals surface area contributed by atoms with Crippen LogP contribution in [-0.2, 0) is 0 Å². The normalized spacial score (nSPS) is 11.9. The topological polar surface area (TPSA) is 43.9 Å². The number of imidazole rings is 1. The predicted molar refractivity (Wildman–Crippen MR) is 230 cm³/mol. The molecule has 3 aromatic heterocycles. The van der Waals surface area contributed by atoms with Gasteiger partial charge in [-0.2, -0.15) is 0 Å². The number of hydrogen-bond donors (Lipinski definition) is 0. The van der Waals surface area contributed by atoms with Crippen LogP contribution in [0.4, 0.5) is 0 Å². The third kappa shape index (κ3) is 6.12. The summed E-state index contributed by atoms with van der Waals surface area (Å²) < 4.78 is 9.27. The van der Waals surface area contributed by atoms with Crippen LogP contribution in [-0.4, -0.2) is 14.5 Å². The lowest BCUT2D eigenvalue weighted by Gasteiger charge is -2.24. The summed E-state index contributed by atoms with van der Waals surface area (Å²) in [4.78, 5) is 10.5.